The molecular weight excluding hydrogens is 396 g/mol. The van der Waals surface area contributed by atoms with Gasteiger partial charge in [0.15, 0.2) is 5.65 Å². The Hall–Kier alpha value is -3.30. The third-order valence-corrected chi connectivity index (χ3v) is 5.94. The summed E-state index contributed by atoms with van der Waals surface area (Å²) in [6.45, 7) is 1.51. The average molecular weight is 418 g/mol. The summed E-state index contributed by atoms with van der Waals surface area (Å²) in [5, 5.41) is 16.4. The second-order valence-electron chi connectivity index (χ2n) is 8.49. The van der Waals surface area contributed by atoms with Gasteiger partial charge >= 0.3 is 0 Å². The second kappa shape index (κ2) is 6.86. The molecule has 9 heteroatoms. The number of anilines is 1. The van der Waals surface area contributed by atoms with E-state index in [1.165, 1.54) is 6.33 Å². The highest BCUT2D eigenvalue weighted by Crippen LogP contribution is 2.35. The smallest absolute Gasteiger partial charge is 0.214 e. The molecule has 2 fully saturated rings. The Labute approximate surface area is 177 Å². The van der Waals surface area contributed by atoms with E-state index in [0.29, 0.717) is 54.3 Å². The monoisotopic (exact) mass is 418 g/mol. The van der Waals surface area contributed by atoms with E-state index in [1.54, 1.807) is 4.68 Å². The van der Waals surface area contributed by atoms with Crippen LogP contribution in [0.3, 0.4) is 0 Å². The molecule has 3 N–H and O–H groups in total. The van der Waals surface area contributed by atoms with E-state index >= 15 is 0 Å². The van der Waals surface area contributed by atoms with Crippen molar-refractivity contribution in [2.24, 2.45) is 5.41 Å². The number of pyridine rings is 1. The van der Waals surface area contributed by atoms with Crippen molar-refractivity contribution in [3.63, 3.8) is 0 Å². The van der Waals surface area contributed by atoms with Gasteiger partial charge in [-0.25, -0.2) is 19.6 Å². The van der Waals surface area contributed by atoms with Crippen LogP contribution in [-0.2, 0) is 11.3 Å². The quantitative estimate of drug-likeness (QED) is 0.489. The molecule has 0 atom stereocenters. The topological polar surface area (TPSA) is 121 Å². The molecule has 0 amide bonds. The first kappa shape index (κ1) is 18.5. The number of hydrogen-bond acceptors (Lipinski definition) is 8. The summed E-state index contributed by atoms with van der Waals surface area (Å²) >= 11 is 0. The third-order valence-electron chi connectivity index (χ3n) is 5.94. The van der Waals surface area contributed by atoms with Gasteiger partial charge in [0, 0.05) is 17.0 Å². The van der Waals surface area contributed by atoms with E-state index in [1.807, 2.05) is 30.3 Å². The SMILES string of the molecule is Nc1ncnc2c1c(-c1ccc3nc(OC4CC4)ccc3c1)nn2CC1(CO)COC1. The molecule has 1 aliphatic carbocycles. The molecule has 0 bridgehead atoms. The van der Waals surface area contributed by atoms with Crippen LogP contribution in [0.2, 0.25) is 0 Å². The van der Waals surface area contributed by atoms with E-state index in [4.69, 9.17) is 20.3 Å². The molecule has 158 valence electrons. The van der Waals surface area contributed by atoms with Crippen molar-refractivity contribution in [3.05, 3.63) is 36.7 Å². The van der Waals surface area contributed by atoms with Crippen LogP contribution < -0.4 is 10.5 Å². The molecule has 3 aromatic heterocycles. The van der Waals surface area contributed by atoms with Crippen LogP contribution in [0.5, 0.6) is 5.88 Å². The molecule has 1 saturated carbocycles. The van der Waals surface area contributed by atoms with Gasteiger partial charge in [-0.2, -0.15) is 5.10 Å². The van der Waals surface area contributed by atoms with Crippen LogP contribution in [-0.4, -0.2) is 55.8 Å². The van der Waals surface area contributed by atoms with Crippen molar-refractivity contribution in [1.82, 2.24) is 24.7 Å². The molecule has 9 nitrogen and oxygen atoms in total. The zero-order valence-electron chi connectivity index (χ0n) is 16.9. The molecule has 2 aliphatic rings. The van der Waals surface area contributed by atoms with Gasteiger partial charge in [-0.15, -0.1) is 0 Å². The van der Waals surface area contributed by atoms with Gasteiger partial charge in [0.25, 0.3) is 0 Å². The Kier molecular flexibility index (Phi) is 4.09. The summed E-state index contributed by atoms with van der Waals surface area (Å²) in [5.41, 5.74) is 9.00. The molecule has 0 radical (unpaired) electrons. The Morgan fingerprint density at radius 3 is 2.81 bits per heavy atom. The molecule has 1 aliphatic heterocycles. The van der Waals surface area contributed by atoms with Crippen LogP contribution in [0.4, 0.5) is 5.82 Å². The number of ether oxygens (including phenoxy) is 2. The summed E-state index contributed by atoms with van der Waals surface area (Å²) in [6.07, 6.45) is 3.95. The standard InChI is InChI=1S/C22H22N6O3/c23-20-18-19(27-28(21(18)25-12-24-20)8-22(9-29)10-30-11-22)14-1-5-16-13(7-14)2-6-17(26-16)31-15-3-4-15/h1-2,5-7,12,15,29H,3-4,8-11H2,(H2,23,24,25). The molecule has 6 rings (SSSR count). The van der Waals surface area contributed by atoms with Crippen molar-refractivity contribution >= 4 is 27.8 Å². The highest BCUT2D eigenvalue weighted by atomic mass is 16.5. The van der Waals surface area contributed by atoms with Crippen molar-refractivity contribution in [2.45, 2.75) is 25.5 Å². The van der Waals surface area contributed by atoms with Crippen molar-refractivity contribution in [2.75, 3.05) is 25.6 Å². The Morgan fingerprint density at radius 1 is 1.19 bits per heavy atom. The number of benzene rings is 1. The minimum atomic E-state index is -0.346. The lowest BCUT2D eigenvalue weighted by Gasteiger charge is -2.39. The van der Waals surface area contributed by atoms with Crippen molar-refractivity contribution in [3.8, 4) is 17.1 Å². The largest absolute Gasteiger partial charge is 0.474 e. The van der Waals surface area contributed by atoms with E-state index in [0.717, 1.165) is 29.3 Å². The van der Waals surface area contributed by atoms with Gasteiger partial charge in [0.2, 0.25) is 5.88 Å². The molecule has 1 saturated heterocycles. The predicted octanol–water partition coefficient (Wildman–Crippen LogP) is 2.17. The van der Waals surface area contributed by atoms with Crippen LogP contribution >= 0.6 is 0 Å². The fourth-order valence-corrected chi connectivity index (χ4v) is 3.96. The Bertz CT molecular complexity index is 1290. The van der Waals surface area contributed by atoms with E-state index in [9.17, 15) is 5.11 Å². The minimum absolute atomic E-state index is 0.0250. The summed E-state index contributed by atoms with van der Waals surface area (Å²) in [5.74, 6) is 1.03. The fourth-order valence-electron chi connectivity index (χ4n) is 3.96. The molecule has 4 heterocycles. The second-order valence-corrected chi connectivity index (χ2v) is 8.49. The lowest BCUT2D eigenvalue weighted by atomic mass is 9.87. The fraction of sp³-hybridized carbons (Fsp3) is 0.364. The molecular formula is C22H22N6O3. The summed E-state index contributed by atoms with van der Waals surface area (Å²) in [6, 6.07) is 9.89. The van der Waals surface area contributed by atoms with Gasteiger partial charge in [-0.1, -0.05) is 6.07 Å². The summed E-state index contributed by atoms with van der Waals surface area (Å²) < 4.78 is 12.9. The van der Waals surface area contributed by atoms with Crippen LogP contribution in [0.15, 0.2) is 36.7 Å². The minimum Gasteiger partial charge on any atom is -0.474 e. The number of aliphatic hydroxyl groups excluding tert-OH is 1. The zero-order valence-corrected chi connectivity index (χ0v) is 16.9. The van der Waals surface area contributed by atoms with Crippen LogP contribution in [0.1, 0.15) is 12.8 Å². The van der Waals surface area contributed by atoms with Crippen LogP contribution in [0, 0.1) is 5.41 Å². The van der Waals surface area contributed by atoms with Gasteiger partial charge in [-0.05, 0) is 31.0 Å². The first-order valence-corrected chi connectivity index (χ1v) is 10.4. The number of nitrogens with zero attached hydrogens (tertiary/aromatic N) is 5. The third kappa shape index (κ3) is 3.17. The van der Waals surface area contributed by atoms with E-state index < -0.39 is 0 Å². The number of nitrogens with two attached hydrogens (primary N) is 1. The predicted molar refractivity (Wildman–Crippen MR) is 114 cm³/mol. The van der Waals surface area contributed by atoms with Gasteiger partial charge in [0.1, 0.15) is 23.9 Å². The molecule has 0 spiro atoms. The lowest BCUT2D eigenvalue weighted by molar-refractivity contribution is -0.145. The Morgan fingerprint density at radius 2 is 2.06 bits per heavy atom. The number of aromatic nitrogens is 5. The average Bonchev–Trinajstić information content (AvgIpc) is 3.49. The van der Waals surface area contributed by atoms with E-state index in [-0.39, 0.29) is 12.0 Å². The maximum atomic E-state index is 9.85. The number of nitrogen functional groups attached to an aromatic ring is 1. The van der Waals surface area contributed by atoms with Crippen LogP contribution in [0.25, 0.3) is 33.2 Å². The maximum Gasteiger partial charge on any atom is 0.214 e. The van der Waals surface area contributed by atoms with Gasteiger partial charge in [-0.3, -0.25) is 0 Å². The first-order chi connectivity index (χ1) is 15.1. The zero-order chi connectivity index (χ0) is 21.0. The maximum absolute atomic E-state index is 9.85. The van der Waals surface area contributed by atoms with Gasteiger partial charge in [0.05, 0.1) is 42.7 Å². The first-order valence-electron chi connectivity index (χ1n) is 10.4. The highest BCUT2D eigenvalue weighted by molar-refractivity contribution is 5.99. The summed E-state index contributed by atoms with van der Waals surface area (Å²) in [4.78, 5) is 13.2. The number of hydrogen-bond donors (Lipinski definition) is 2. The molecule has 4 aromatic rings. The number of rotatable bonds is 6. The van der Waals surface area contributed by atoms with Crippen molar-refractivity contribution in [1.29, 1.82) is 0 Å². The van der Waals surface area contributed by atoms with Gasteiger partial charge < -0.3 is 20.3 Å². The number of aliphatic hydroxyl groups is 1. The molecule has 0 unspecified atom stereocenters. The number of fused-ring (bicyclic) bond motifs is 2. The molecule has 1 aromatic carbocycles. The van der Waals surface area contributed by atoms with E-state index in [2.05, 4.69) is 15.0 Å². The summed E-state index contributed by atoms with van der Waals surface area (Å²) in [7, 11) is 0. The lowest BCUT2D eigenvalue weighted by Crippen LogP contribution is -2.48. The highest BCUT2D eigenvalue weighted by Gasteiger charge is 2.39. The normalized spacial score (nSPS) is 17.7. The van der Waals surface area contributed by atoms with Crippen molar-refractivity contribution < 1.29 is 14.6 Å². The Balaban J connectivity index is 1.43. The molecule has 31 heavy (non-hydrogen) atoms.